The second-order valence-corrected chi connectivity index (χ2v) is 8.87. The van der Waals surface area contributed by atoms with Gasteiger partial charge in [-0.15, -0.1) is 5.10 Å². The summed E-state index contributed by atoms with van der Waals surface area (Å²) in [4.78, 5) is 21.1. The molecule has 0 radical (unpaired) electrons. The normalized spacial score (nSPS) is 19.0. The first-order chi connectivity index (χ1) is 15.7. The molecule has 0 bridgehead atoms. The van der Waals surface area contributed by atoms with Crippen LogP contribution in [0.2, 0.25) is 0 Å². The van der Waals surface area contributed by atoms with Crippen LogP contribution < -0.4 is 10.5 Å². The summed E-state index contributed by atoms with van der Waals surface area (Å²) in [7, 11) is 0. The van der Waals surface area contributed by atoms with Gasteiger partial charge in [-0.05, 0) is 55.0 Å². The molecule has 5 rings (SSSR count). The molecule has 3 aromatic rings. The molecule has 1 aliphatic heterocycles. The predicted molar refractivity (Wildman–Crippen MR) is 124 cm³/mol. The molecule has 0 N–H and O–H groups in total. The van der Waals surface area contributed by atoms with Gasteiger partial charge >= 0.3 is 0 Å². The van der Waals surface area contributed by atoms with Gasteiger partial charge in [0.1, 0.15) is 0 Å². The summed E-state index contributed by atoms with van der Waals surface area (Å²) in [5.74, 6) is 1.73. The summed E-state index contributed by atoms with van der Waals surface area (Å²) >= 11 is 0. The van der Waals surface area contributed by atoms with Crippen molar-refractivity contribution in [2.45, 2.75) is 32.7 Å². The number of hydrogen-bond acceptors (Lipinski definition) is 7. The Kier molecular flexibility index (Phi) is 5.94. The topological polar surface area (TPSA) is 80.0 Å². The van der Waals surface area contributed by atoms with Crippen LogP contribution in [-0.4, -0.2) is 62.6 Å². The molecule has 0 aromatic carbocycles. The summed E-state index contributed by atoms with van der Waals surface area (Å²) < 4.78 is 1.57. The highest BCUT2D eigenvalue weighted by atomic mass is 16.1. The average molecular weight is 432 g/mol. The van der Waals surface area contributed by atoms with Crippen molar-refractivity contribution < 1.29 is 0 Å². The van der Waals surface area contributed by atoms with E-state index in [1.165, 1.54) is 17.7 Å². The van der Waals surface area contributed by atoms with E-state index >= 15 is 0 Å². The fraction of sp³-hybridized carbons (Fsp3) is 0.458. The first-order valence-electron chi connectivity index (χ1n) is 11.5. The minimum Gasteiger partial charge on any atom is -0.353 e. The summed E-state index contributed by atoms with van der Waals surface area (Å²) in [5.41, 5.74) is 4.23. The lowest BCUT2D eigenvalue weighted by atomic mass is 9.88. The number of rotatable bonds is 5. The van der Waals surface area contributed by atoms with Crippen LogP contribution in [0.15, 0.2) is 47.5 Å². The van der Waals surface area contributed by atoms with E-state index in [0.717, 1.165) is 68.6 Å². The van der Waals surface area contributed by atoms with Crippen molar-refractivity contribution in [2.24, 2.45) is 5.92 Å². The minimum absolute atomic E-state index is 0.0694. The second kappa shape index (κ2) is 9.16. The van der Waals surface area contributed by atoms with Gasteiger partial charge in [0.25, 0.3) is 5.56 Å². The minimum atomic E-state index is -0.0694. The molecule has 1 aliphatic carbocycles. The molecule has 1 unspecified atom stereocenters. The van der Waals surface area contributed by atoms with Crippen molar-refractivity contribution in [3.8, 4) is 11.3 Å². The molecule has 1 saturated heterocycles. The first kappa shape index (κ1) is 20.8. The van der Waals surface area contributed by atoms with Crippen LogP contribution in [0.5, 0.6) is 0 Å². The largest absolute Gasteiger partial charge is 0.353 e. The molecule has 1 atom stereocenters. The van der Waals surface area contributed by atoms with Gasteiger partial charge in [0.2, 0.25) is 0 Å². The zero-order valence-electron chi connectivity index (χ0n) is 18.5. The molecule has 166 valence electrons. The van der Waals surface area contributed by atoms with E-state index in [1.54, 1.807) is 29.2 Å². The van der Waals surface area contributed by atoms with E-state index in [-0.39, 0.29) is 5.56 Å². The maximum absolute atomic E-state index is 12.3. The van der Waals surface area contributed by atoms with Crippen molar-refractivity contribution >= 4 is 5.82 Å². The molecular formula is C24H29N7O. The highest BCUT2D eigenvalue weighted by Crippen LogP contribution is 2.26. The van der Waals surface area contributed by atoms with Crippen LogP contribution in [0.4, 0.5) is 5.82 Å². The number of piperazine rings is 1. The Bertz CT molecular complexity index is 1120. The highest BCUT2D eigenvalue weighted by Gasteiger charge is 2.22. The van der Waals surface area contributed by atoms with Gasteiger partial charge in [0.05, 0.1) is 17.9 Å². The summed E-state index contributed by atoms with van der Waals surface area (Å²) in [5, 5.41) is 13.6. The SMILES string of the molecule is CC1CCc2nnc(N3CCN(CCn4nc(-c5ccncc5)ccc4=O)CC3)cc2C1. The van der Waals surface area contributed by atoms with Crippen LogP contribution in [0.3, 0.4) is 0 Å². The van der Waals surface area contributed by atoms with Gasteiger partial charge in [0, 0.05) is 56.7 Å². The van der Waals surface area contributed by atoms with E-state index in [1.807, 2.05) is 12.1 Å². The van der Waals surface area contributed by atoms with Gasteiger partial charge in [-0.3, -0.25) is 14.7 Å². The predicted octanol–water partition coefficient (Wildman–Crippen LogP) is 2.04. The van der Waals surface area contributed by atoms with E-state index in [0.29, 0.717) is 6.54 Å². The lowest BCUT2D eigenvalue weighted by molar-refractivity contribution is 0.242. The molecule has 3 aromatic heterocycles. The van der Waals surface area contributed by atoms with E-state index in [4.69, 9.17) is 0 Å². The smallest absolute Gasteiger partial charge is 0.266 e. The number of pyridine rings is 1. The standard InChI is InChI=1S/C24H29N7O/c1-18-2-3-21-20(16-18)17-23(27-26-21)30-13-10-29(11-14-30)12-15-31-24(32)5-4-22(28-31)19-6-8-25-9-7-19/h4-9,17-18H,2-3,10-16H2,1H3. The van der Waals surface area contributed by atoms with Crippen LogP contribution >= 0.6 is 0 Å². The van der Waals surface area contributed by atoms with Crippen molar-refractivity contribution in [2.75, 3.05) is 37.6 Å². The lowest BCUT2D eigenvalue weighted by Gasteiger charge is -2.35. The maximum Gasteiger partial charge on any atom is 0.266 e. The quantitative estimate of drug-likeness (QED) is 0.612. The molecular weight excluding hydrogens is 402 g/mol. The number of anilines is 1. The Morgan fingerprint density at radius 1 is 1.00 bits per heavy atom. The number of aromatic nitrogens is 5. The molecule has 1 fully saturated rings. The van der Waals surface area contributed by atoms with Crippen LogP contribution in [-0.2, 0) is 19.4 Å². The fourth-order valence-electron chi connectivity index (χ4n) is 4.57. The van der Waals surface area contributed by atoms with Crippen molar-refractivity contribution in [3.05, 3.63) is 64.3 Å². The lowest BCUT2D eigenvalue weighted by Crippen LogP contribution is -2.48. The third-order valence-electron chi connectivity index (χ3n) is 6.56. The third kappa shape index (κ3) is 4.55. The van der Waals surface area contributed by atoms with Gasteiger partial charge in [-0.2, -0.15) is 10.2 Å². The molecule has 0 amide bonds. The second-order valence-electron chi connectivity index (χ2n) is 8.87. The van der Waals surface area contributed by atoms with Crippen molar-refractivity contribution in [1.29, 1.82) is 0 Å². The Labute approximate surface area is 187 Å². The maximum atomic E-state index is 12.3. The van der Waals surface area contributed by atoms with Crippen LogP contribution in [0.25, 0.3) is 11.3 Å². The van der Waals surface area contributed by atoms with Gasteiger partial charge < -0.3 is 4.90 Å². The molecule has 4 heterocycles. The fourth-order valence-corrected chi connectivity index (χ4v) is 4.57. The summed E-state index contributed by atoms with van der Waals surface area (Å²) in [6.07, 6.45) is 6.84. The van der Waals surface area contributed by atoms with Gasteiger partial charge in [-0.1, -0.05) is 6.92 Å². The van der Waals surface area contributed by atoms with E-state index in [9.17, 15) is 4.79 Å². The molecule has 0 spiro atoms. The number of aryl methyl sites for hydroxylation is 1. The Balaban J connectivity index is 1.18. The molecule has 8 nitrogen and oxygen atoms in total. The molecule has 8 heteroatoms. The Hall–Kier alpha value is -3.13. The number of fused-ring (bicyclic) bond motifs is 1. The molecule has 0 saturated carbocycles. The third-order valence-corrected chi connectivity index (χ3v) is 6.56. The first-order valence-corrected chi connectivity index (χ1v) is 11.5. The highest BCUT2D eigenvalue weighted by molar-refractivity contribution is 5.57. The Morgan fingerprint density at radius 3 is 2.62 bits per heavy atom. The number of nitrogens with zero attached hydrogens (tertiary/aromatic N) is 7. The van der Waals surface area contributed by atoms with E-state index in [2.05, 4.69) is 43.1 Å². The summed E-state index contributed by atoms with van der Waals surface area (Å²) in [6, 6.07) is 9.42. The molecule has 32 heavy (non-hydrogen) atoms. The van der Waals surface area contributed by atoms with Gasteiger partial charge in [-0.25, -0.2) is 4.68 Å². The van der Waals surface area contributed by atoms with Gasteiger partial charge in [0.15, 0.2) is 5.82 Å². The Morgan fingerprint density at radius 2 is 1.81 bits per heavy atom. The van der Waals surface area contributed by atoms with Crippen molar-refractivity contribution in [1.82, 2.24) is 29.9 Å². The number of hydrogen-bond donors (Lipinski definition) is 0. The van der Waals surface area contributed by atoms with E-state index < -0.39 is 0 Å². The average Bonchev–Trinajstić information content (AvgIpc) is 2.84. The van der Waals surface area contributed by atoms with Crippen LogP contribution in [0.1, 0.15) is 24.6 Å². The molecule has 2 aliphatic rings. The van der Waals surface area contributed by atoms with Crippen LogP contribution in [0, 0.1) is 5.92 Å². The zero-order chi connectivity index (χ0) is 21.9. The summed E-state index contributed by atoms with van der Waals surface area (Å²) in [6.45, 7) is 7.41. The van der Waals surface area contributed by atoms with Crippen molar-refractivity contribution in [3.63, 3.8) is 0 Å². The zero-order valence-corrected chi connectivity index (χ0v) is 18.5. The monoisotopic (exact) mass is 431 g/mol.